The zero-order chi connectivity index (χ0) is 13.8. The minimum Gasteiger partial charge on any atom is -0.0844 e. The molecule has 1 aromatic carbocycles. The molecule has 2 bridgehead atoms. The first-order chi connectivity index (χ1) is 8.89. The van der Waals surface area contributed by atoms with Crippen LogP contribution in [0.2, 0.25) is 0 Å². The van der Waals surface area contributed by atoms with Gasteiger partial charge < -0.3 is 0 Å². The van der Waals surface area contributed by atoms with E-state index in [0.29, 0.717) is 5.41 Å². The summed E-state index contributed by atoms with van der Waals surface area (Å²) in [6, 6.07) is 4.67. The van der Waals surface area contributed by atoms with E-state index in [1.807, 2.05) is 0 Å². The summed E-state index contributed by atoms with van der Waals surface area (Å²) in [7, 11) is 0. The lowest BCUT2D eigenvalue weighted by atomic mass is 9.48. The summed E-state index contributed by atoms with van der Waals surface area (Å²) in [5.41, 5.74) is 8.16. The Bertz CT molecular complexity index is 522. The van der Waals surface area contributed by atoms with Gasteiger partial charge in [0.2, 0.25) is 0 Å². The third-order valence-corrected chi connectivity index (χ3v) is 5.80. The van der Waals surface area contributed by atoms with Gasteiger partial charge in [-0.15, -0.1) is 0 Å². The predicted octanol–water partition coefficient (Wildman–Crippen LogP) is 5.15. The van der Waals surface area contributed by atoms with Crippen molar-refractivity contribution in [1.82, 2.24) is 0 Å². The summed E-state index contributed by atoms with van der Waals surface area (Å²) in [5.74, 6) is 1.79. The molecule has 0 aromatic heterocycles. The van der Waals surface area contributed by atoms with Crippen molar-refractivity contribution in [2.45, 2.75) is 53.9 Å². The number of allylic oxidation sites excluding steroid dienone is 2. The average molecular weight is 254 g/mol. The van der Waals surface area contributed by atoms with Crippen LogP contribution in [-0.2, 0) is 6.42 Å². The van der Waals surface area contributed by atoms with Gasteiger partial charge in [0.05, 0.1) is 0 Å². The fraction of sp³-hybridized carbons (Fsp3) is 0.579. The minimum absolute atomic E-state index is 0.552. The Morgan fingerprint density at radius 3 is 2.26 bits per heavy atom. The summed E-state index contributed by atoms with van der Waals surface area (Å²) in [5, 5.41) is 0. The summed E-state index contributed by atoms with van der Waals surface area (Å²) in [6.45, 7) is 11.7. The van der Waals surface area contributed by atoms with Crippen LogP contribution in [0.3, 0.4) is 0 Å². The lowest BCUT2D eigenvalue weighted by Gasteiger charge is -2.56. The lowest BCUT2D eigenvalue weighted by molar-refractivity contribution is -0.00744. The van der Waals surface area contributed by atoms with Crippen LogP contribution in [0, 0.1) is 38.0 Å². The Labute approximate surface area is 117 Å². The zero-order valence-corrected chi connectivity index (χ0v) is 13.0. The maximum atomic E-state index is 2.54. The number of hydrogen-bond acceptors (Lipinski definition) is 0. The molecule has 19 heavy (non-hydrogen) atoms. The molecular formula is C19H26. The van der Waals surface area contributed by atoms with Gasteiger partial charge in [-0.25, -0.2) is 0 Å². The molecule has 3 aliphatic rings. The molecule has 0 amide bonds. The van der Waals surface area contributed by atoms with Crippen LogP contribution in [-0.4, -0.2) is 0 Å². The first-order valence-corrected chi connectivity index (χ1v) is 7.65. The van der Waals surface area contributed by atoms with E-state index in [4.69, 9.17) is 0 Å². The van der Waals surface area contributed by atoms with Crippen molar-refractivity contribution in [3.63, 3.8) is 0 Å². The smallest absolute Gasteiger partial charge is 0.00589 e. The molecule has 0 spiro atoms. The number of hydrogen-bond donors (Lipinski definition) is 0. The van der Waals surface area contributed by atoms with Crippen LogP contribution >= 0.6 is 0 Å². The highest BCUT2D eigenvalue weighted by Gasteiger charge is 2.50. The molecule has 1 saturated carbocycles. The maximum absolute atomic E-state index is 2.54. The second-order valence-electron chi connectivity index (χ2n) is 7.38. The maximum Gasteiger partial charge on any atom is -0.00589 e. The molecule has 1 aromatic rings. The monoisotopic (exact) mass is 254 g/mol. The largest absolute Gasteiger partial charge is 0.0844 e. The van der Waals surface area contributed by atoms with E-state index in [-0.39, 0.29) is 0 Å². The number of rotatable bonds is 2. The third-order valence-electron chi connectivity index (χ3n) is 5.80. The van der Waals surface area contributed by atoms with Crippen LogP contribution in [0.5, 0.6) is 0 Å². The Morgan fingerprint density at radius 2 is 1.74 bits per heavy atom. The average Bonchev–Trinajstić information content (AvgIpc) is 2.33. The normalized spacial score (nSPS) is 27.7. The zero-order valence-electron chi connectivity index (χ0n) is 13.0. The van der Waals surface area contributed by atoms with E-state index in [0.717, 1.165) is 11.8 Å². The number of fused-ring (bicyclic) bond motifs is 1. The molecule has 0 nitrogen and oxygen atoms in total. The fourth-order valence-electron chi connectivity index (χ4n) is 4.37. The summed E-state index contributed by atoms with van der Waals surface area (Å²) >= 11 is 0. The van der Waals surface area contributed by atoms with E-state index < -0.39 is 0 Å². The second kappa shape index (κ2) is 4.23. The highest BCUT2D eigenvalue weighted by molar-refractivity contribution is 5.41. The Balaban J connectivity index is 1.89. The van der Waals surface area contributed by atoms with E-state index in [1.165, 1.54) is 36.0 Å². The van der Waals surface area contributed by atoms with Gasteiger partial charge in [-0.2, -0.15) is 0 Å². The van der Waals surface area contributed by atoms with E-state index in [1.54, 1.807) is 11.1 Å². The van der Waals surface area contributed by atoms with Crippen LogP contribution in [0.25, 0.3) is 0 Å². The van der Waals surface area contributed by atoms with Gasteiger partial charge in [-0.3, -0.25) is 0 Å². The van der Waals surface area contributed by atoms with Crippen LogP contribution in [0.4, 0.5) is 0 Å². The van der Waals surface area contributed by atoms with Crippen LogP contribution < -0.4 is 0 Å². The quantitative estimate of drug-likeness (QED) is 0.640. The Kier molecular flexibility index (Phi) is 2.89. The highest BCUT2D eigenvalue weighted by atomic mass is 14.5. The van der Waals surface area contributed by atoms with Crippen molar-refractivity contribution in [2.24, 2.45) is 17.3 Å². The molecular weight excluding hydrogens is 228 g/mol. The molecule has 0 saturated heterocycles. The van der Waals surface area contributed by atoms with Gasteiger partial charge in [0, 0.05) is 0 Å². The van der Waals surface area contributed by atoms with Crippen LogP contribution in [0.1, 0.15) is 48.9 Å². The van der Waals surface area contributed by atoms with E-state index in [9.17, 15) is 0 Å². The van der Waals surface area contributed by atoms with E-state index in [2.05, 4.69) is 52.8 Å². The number of benzene rings is 1. The van der Waals surface area contributed by atoms with Crippen molar-refractivity contribution >= 4 is 0 Å². The van der Waals surface area contributed by atoms with Gasteiger partial charge in [0.25, 0.3) is 0 Å². The molecule has 0 aliphatic heterocycles. The molecule has 4 rings (SSSR count). The van der Waals surface area contributed by atoms with Crippen molar-refractivity contribution in [1.29, 1.82) is 0 Å². The van der Waals surface area contributed by atoms with Gasteiger partial charge in [0.1, 0.15) is 0 Å². The molecule has 1 fully saturated rings. The van der Waals surface area contributed by atoms with Gasteiger partial charge >= 0.3 is 0 Å². The van der Waals surface area contributed by atoms with Crippen molar-refractivity contribution in [3.05, 3.63) is 46.0 Å². The summed E-state index contributed by atoms with van der Waals surface area (Å²) in [6.07, 6.45) is 6.47. The first-order valence-electron chi connectivity index (χ1n) is 7.65. The van der Waals surface area contributed by atoms with Crippen molar-refractivity contribution < 1.29 is 0 Å². The molecule has 0 unspecified atom stereocenters. The minimum atomic E-state index is 0.552. The molecule has 0 heteroatoms. The van der Waals surface area contributed by atoms with Gasteiger partial charge in [0.15, 0.2) is 0 Å². The second-order valence-corrected chi connectivity index (χ2v) is 7.38. The molecule has 0 N–H and O–H groups in total. The molecule has 3 aliphatic carbocycles. The van der Waals surface area contributed by atoms with Gasteiger partial charge in [-0.05, 0) is 74.0 Å². The van der Waals surface area contributed by atoms with E-state index >= 15 is 0 Å². The Hall–Kier alpha value is -1.04. The highest BCUT2D eigenvalue weighted by Crippen LogP contribution is 2.59. The van der Waals surface area contributed by atoms with Crippen molar-refractivity contribution in [2.75, 3.05) is 0 Å². The summed E-state index contributed by atoms with van der Waals surface area (Å²) < 4.78 is 0. The standard InChI is InChI=1S/C19H26/c1-12-8-13(2)17(14(3)9-12)10-15-6-7-16-11-18(15)19(16,4)5/h6,8-9,16,18H,7,10-11H2,1-5H3/t16-,18-/m0/s1. The molecule has 2 atom stereocenters. The molecule has 102 valence electrons. The predicted molar refractivity (Wildman–Crippen MR) is 82.4 cm³/mol. The fourth-order valence-corrected chi connectivity index (χ4v) is 4.37. The lowest BCUT2D eigenvalue weighted by Crippen LogP contribution is -2.48. The molecule has 0 radical (unpaired) electrons. The SMILES string of the molecule is Cc1cc(C)c(CC2=CC[C@H]3C[C@@H]2C3(C)C)c(C)c1. The first kappa shape index (κ1) is 13.0. The van der Waals surface area contributed by atoms with Crippen LogP contribution in [0.15, 0.2) is 23.8 Å². The molecule has 0 heterocycles. The Morgan fingerprint density at radius 1 is 1.11 bits per heavy atom. The third kappa shape index (κ3) is 1.96. The summed E-state index contributed by atoms with van der Waals surface area (Å²) in [4.78, 5) is 0. The van der Waals surface area contributed by atoms with Crippen molar-refractivity contribution in [3.8, 4) is 0 Å². The topological polar surface area (TPSA) is 0 Å². The number of aryl methyl sites for hydroxylation is 3. The van der Waals surface area contributed by atoms with Gasteiger partial charge in [-0.1, -0.05) is 43.2 Å².